The third-order valence-corrected chi connectivity index (χ3v) is 12.9. The molecule has 0 bridgehead atoms. The first-order chi connectivity index (χ1) is 35.6. The second-order valence-electron chi connectivity index (χ2n) is 16.4. The third-order valence-electron chi connectivity index (χ3n) is 12.1. The summed E-state index contributed by atoms with van der Waals surface area (Å²) in [6.45, 7) is -0.284. The summed E-state index contributed by atoms with van der Waals surface area (Å²) in [5.74, 6) is 0.354. The molecule has 0 spiro atoms. The van der Waals surface area contributed by atoms with Crippen molar-refractivity contribution in [1.82, 2.24) is 19.5 Å². The molecule has 0 saturated carbocycles. The molecule has 1 amide bonds. The van der Waals surface area contributed by atoms with Gasteiger partial charge in [0.2, 0.25) is 0 Å². The molecule has 19 nitrogen and oxygen atoms in total. The molecular formula is C53H48N6O13P+. The van der Waals surface area contributed by atoms with Crippen LogP contribution >= 0.6 is 8.03 Å². The molecule has 9 rings (SSSR count). The third kappa shape index (κ3) is 10.7. The summed E-state index contributed by atoms with van der Waals surface area (Å²) < 4.78 is 64.5. The molecule has 372 valence electrons. The Kier molecular flexibility index (Phi) is 15.4. The molecule has 5 aromatic carbocycles. The lowest BCUT2D eigenvalue weighted by atomic mass is 9.80. The SMILES string of the molecule is COc1ccc(C(OC[C@H]2O[C@@H](n3cnc4c(NC(=O)c5ccccc5)ncnc43)[C@H](OC(=O)c3ccccc3)[C@@H]2OC[P+](=O)OC(O)c2cc(OC)cc[n+]2[O-])(c2ccccc2)c2ccc(OC)cc2)cc1. The van der Waals surface area contributed by atoms with E-state index in [1.165, 1.54) is 36.5 Å². The maximum Gasteiger partial charge on any atom is 0.540 e. The summed E-state index contributed by atoms with van der Waals surface area (Å²) in [4.78, 5) is 41.0. The number of hydrogen-bond donors (Lipinski definition) is 2. The number of hydrogen-bond acceptors (Lipinski definition) is 16. The van der Waals surface area contributed by atoms with Crippen molar-refractivity contribution < 1.29 is 61.7 Å². The van der Waals surface area contributed by atoms with E-state index < -0.39 is 62.7 Å². The van der Waals surface area contributed by atoms with Gasteiger partial charge < -0.3 is 48.8 Å². The first kappa shape index (κ1) is 49.8. The van der Waals surface area contributed by atoms with Crippen LogP contribution in [0.25, 0.3) is 11.2 Å². The van der Waals surface area contributed by atoms with Crippen LogP contribution in [-0.4, -0.2) is 89.1 Å². The Morgan fingerprint density at radius 3 is 1.97 bits per heavy atom. The van der Waals surface area contributed by atoms with E-state index in [0.29, 0.717) is 32.9 Å². The van der Waals surface area contributed by atoms with Crippen molar-refractivity contribution >= 4 is 36.9 Å². The van der Waals surface area contributed by atoms with Gasteiger partial charge in [0.05, 0.1) is 45.9 Å². The van der Waals surface area contributed by atoms with Gasteiger partial charge in [0.25, 0.3) is 24.2 Å². The lowest BCUT2D eigenvalue weighted by Gasteiger charge is -2.37. The molecule has 20 heteroatoms. The average molecular weight is 1010 g/mol. The van der Waals surface area contributed by atoms with Crippen LogP contribution in [0.1, 0.15) is 55.6 Å². The molecule has 73 heavy (non-hydrogen) atoms. The number of benzene rings is 5. The number of nitrogens with zero attached hydrogens (tertiary/aromatic N) is 5. The second kappa shape index (κ2) is 22.5. The molecular weight excluding hydrogens is 960 g/mol. The van der Waals surface area contributed by atoms with Crippen molar-refractivity contribution in [3.63, 3.8) is 0 Å². The van der Waals surface area contributed by atoms with Crippen LogP contribution in [0.15, 0.2) is 171 Å². The first-order valence-electron chi connectivity index (χ1n) is 22.7. The lowest BCUT2D eigenvalue weighted by Crippen LogP contribution is -2.42. The molecule has 0 radical (unpaired) electrons. The number of imidazole rings is 1. The molecule has 1 saturated heterocycles. The predicted octanol–water partition coefficient (Wildman–Crippen LogP) is 7.66. The van der Waals surface area contributed by atoms with Crippen LogP contribution < -0.4 is 24.3 Å². The van der Waals surface area contributed by atoms with E-state index in [4.69, 9.17) is 37.7 Å². The number of ether oxygens (including phenoxy) is 7. The van der Waals surface area contributed by atoms with Crippen molar-refractivity contribution in [3.8, 4) is 17.2 Å². The molecule has 2 N–H and O–H groups in total. The van der Waals surface area contributed by atoms with Crippen LogP contribution in [0, 0.1) is 5.21 Å². The topological polar surface area (TPSA) is 228 Å². The zero-order chi connectivity index (χ0) is 50.9. The van der Waals surface area contributed by atoms with Gasteiger partial charge in [-0.05, 0) is 69.8 Å². The second-order valence-corrected chi connectivity index (χ2v) is 17.5. The van der Waals surface area contributed by atoms with Gasteiger partial charge in [-0.3, -0.25) is 9.36 Å². The molecule has 3 aromatic heterocycles. The van der Waals surface area contributed by atoms with Crippen LogP contribution in [0.4, 0.5) is 5.82 Å². The summed E-state index contributed by atoms with van der Waals surface area (Å²) in [5, 5.41) is 26.5. The normalized spacial score (nSPS) is 17.1. The van der Waals surface area contributed by atoms with E-state index in [1.54, 1.807) is 74.9 Å². The van der Waals surface area contributed by atoms with Gasteiger partial charge in [-0.15, -0.1) is 4.52 Å². The maximum atomic E-state index is 14.2. The average Bonchev–Trinajstić information content (AvgIpc) is 4.02. The highest BCUT2D eigenvalue weighted by molar-refractivity contribution is 7.38. The van der Waals surface area contributed by atoms with Crippen LogP contribution in [0.2, 0.25) is 0 Å². The van der Waals surface area contributed by atoms with Gasteiger partial charge >= 0.3 is 14.0 Å². The first-order valence-corrected chi connectivity index (χ1v) is 24.1. The Morgan fingerprint density at radius 1 is 0.767 bits per heavy atom. The minimum absolute atomic E-state index is 0.0934. The van der Waals surface area contributed by atoms with Crippen molar-refractivity contribution in [2.24, 2.45) is 0 Å². The summed E-state index contributed by atoms with van der Waals surface area (Å²) in [5.41, 5.74) is 1.40. The minimum Gasteiger partial charge on any atom is -0.618 e. The molecule has 0 aliphatic carbocycles. The molecule has 1 fully saturated rings. The summed E-state index contributed by atoms with van der Waals surface area (Å²) >= 11 is 0. The van der Waals surface area contributed by atoms with Gasteiger partial charge in [0.15, 0.2) is 35.5 Å². The number of anilines is 1. The Morgan fingerprint density at radius 2 is 1.36 bits per heavy atom. The summed E-state index contributed by atoms with van der Waals surface area (Å²) in [6, 6.07) is 43.8. The number of aliphatic hydroxyl groups excluding tert-OH is 1. The highest BCUT2D eigenvalue weighted by Crippen LogP contribution is 2.45. The number of carbonyl (C=O) groups excluding carboxylic acids is 2. The van der Waals surface area contributed by atoms with Gasteiger partial charge in [0, 0.05) is 11.6 Å². The van der Waals surface area contributed by atoms with Gasteiger partial charge in [0.1, 0.15) is 41.4 Å². The van der Waals surface area contributed by atoms with E-state index in [1.807, 2.05) is 78.9 Å². The summed E-state index contributed by atoms with van der Waals surface area (Å²) in [7, 11) is 1.62. The number of fused-ring (bicyclic) bond motifs is 1. The van der Waals surface area contributed by atoms with E-state index >= 15 is 0 Å². The minimum atomic E-state index is -2.91. The van der Waals surface area contributed by atoms with Crippen molar-refractivity contribution in [1.29, 1.82) is 0 Å². The smallest absolute Gasteiger partial charge is 0.540 e. The largest absolute Gasteiger partial charge is 0.618 e. The van der Waals surface area contributed by atoms with E-state index in [0.717, 1.165) is 11.8 Å². The number of nitrogens with one attached hydrogen (secondary N) is 1. The number of aliphatic hydroxyl groups is 1. The van der Waals surface area contributed by atoms with Gasteiger partial charge in [-0.2, -0.15) is 4.73 Å². The van der Waals surface area contributed by atoms with Crippen molar-refractivity contribution in [2.75, 3.05) is 39.6 Å². The van der Waals surface area contributed by atoms with Crippen molar-refractivity contribution in [2.45, 2.75) is 36.4 Å². The molecule has 4 heterocycles. The van der Waals surface area contributed by atoms with Gasteiger partial charge in [-0.25, -0.2) is 19.7 Å². The fourth-order valence-corrected chi connectivity index (χ4v) is 9.16. The zero-order valence-corrected chi connectivity index (χ0v) is 40.4. The highest BCUT2D eigenvalue weighted by Gasteiger charge is 2.52. The predicted molar refractivity (Wildman–Crippen MR) is 263 cm³/mol. The Bertz CT molecular complexity index is 3120. The molecule has 1 aliphatic heterocycles. The number of methoxy groups -OCH3 is 3. The Labute approximate surface area is 419 Å². The maximum absolute atomic E-state index is 14.2. The van der Waals surface area contributed by atoms with Crippen molar-refractivity contribution in [3.05, 3.63) is 209 Å². The fourth-order valence-electron chi connectivity index (χ4n) is 8.47. The molecule has 6 atom stereocenters. The number of aromatic nitrogens is 5. The van der Waals surface area contributed by atoms with E-state index in [-0.39, 0.29) is 40.6 Å². The monoisotopic (exact) mass is 1010 g/mol. The fraction of sp³-hybridized carbons (Fsp3) is 0.208. The number of carbonyl (C=O) groups is 2. The number of amides is 1. The standard InChI is InChI=1S/C53H47N6O13P/c1-65-39-23-19-37(20-24-39)53(36-17-11-6-12-18-36,38-21-25-40(66-2)26-22-38)69-30-43-45(68-33-73(64)72-52(62)42-29-41(67-3)27-28-59(42)63)46(71-51(61)35-15-9-5-10-16-35)50(70-43)58-32-56-44-47(54-31-55-48(44)58)57-49(60)34-13-7-4-8-14-34/h4-29,31-32,43,45-46,50,52,62H,30,33H2,1-3H3/p+1/t43-,45-,46-,50-,52?/m1/s1. The van der Waals surface area contributed by atoms with Crippen LogP contribution in [-0.2, 0) is 33.6 Å². The Balaban J connectivity index is 1.13. The summed E-state index contributed by atoms with van der Waals surface area (Å²) in [6.07, 6.45) is -4.04. The Hall–Kier alpha value is -8.16. The van der Waals surface area contributed by atoms with Gasteiger partial charge in [-0.1, -0.05) is 91.0 Å². The quantitative estimate of drug-likeness (QED) is 0.0186. The highest BCUT2D eigenvalue weighted by atomic mass is 31.1. The van der Waals surface area contributed by atoms with Crippen LogP contribution in [0.5, 0.6) is 17.2 Å². The zero-order valence-electron chi connectivity index (χ0n) is 39.5. The molecule has 1 aliphatic rings. The van der Waals surface area contributed by atoms with E-state index in [9.17, 15) is 24.5 Å². The molecule has 8 aromatic rings. The van der Waals surface area contributed by atoms with Crippen LogP contribution in [0.3, 0.4) is 0 Å². The lowest BCUT2D eigenvalue weighted by molar-refractivity contribution is -0.622. The molecule has 2 unspecified atom stereocenters. The van der Waals surface area contributed by atoms with E-state index in [2.05, 4.69) is 20.3 Å². The number of rotatable bonds is 20. The number of esters is 1. The number of pyridine rings is 1.